The molecule has 13 heteroatoms. The summed E-state index contributed by atoms with van der Waals surface area (Å²) < 4.78 is 59.1. The summed E-state index contributed by atoms with van der Waals surface area (Å²) in [5.74, 6) is -0.462. The molecule has 0 radical (unpaired) electrons. The van der Waals surface area contributed by atoms with E-state index in [9.17, 15) is 33.1 Å². The van der Waals surface area contributed by atoms with Crippen molar-refractivity contribution in [3.8, 4) is 0 Å². The lowest BCUT2D eigenvalue weighted by Gasteiger charge is -2.41. The van der Waals surface area contributed by atoms with Crippen molar-refractivity contribution in [2.45, 2.75) is 192 Å². The van der Waals surface area contributed by atoms with Crippen LogP contribution in [0.3, 0.4) is 0 Å². The van der Waals surface area contributed by atoms with Gasteiger partial charge in [0, 0.05) is 13.0 Å². The van der Waals surface area contributed by atoms with E-state index in [1.807, 2.05) is 6.08 Å². The van der Waals surface area contributed by atoms with E-state index in [1.54, 1.807) is 0 Å². The predicted molar refractivity (Wildman–Crippen MR) is 266 cm³/mol. The molecule has 1 heterocycles. The molecular formula is C53H86O12S. The van der Waals surface area contributed by atoms with E-state index in [0.717, 1.165) is 83.5 Å². The first kappa shape index (κ1) is 60.8. The molecule has 0 aromatic heterocycles. The molecule has 0 spiro atoms. The molecular weight excluding hydrogens is 861 g/mol. The maximum absolute atomic E-state index is 12.9. The molecule has 1 rings (SSSR count). The molecule has 6 unspecified atom stereocenters. The summed E-state index contributed by atoms with van der Waals surface area (Å²) in [4.78, 5) is 12.9. The van der Waals surface area contributed by atoms with Crippen LogP contribution in [0.25, 0.3) is 0 Å². The zero-order valence-electron chi connectivity index (χ0n) is 40.2. The zero-order valence-corrected chi connectivity index (χ0v) is 41.0. The van der Waals surface area contributed by atoms with E-state index >= 15 is 0 Å². The maximum atomic E-state index is 12.9. The van der Waals surface area contributed by atoms with Crippen molar-refractivity contribution in [3.63, 3.8) is 0 Å². The van der Waals surface area contributed by atoms with Gasteiger partial charge in [0.2, 0.25) is 0 Å². The average Bonchev–Trinajstić information content (AvgIpc) is 3.29. The SMILES string of the molecule is CC/C=C\C/C=C\C/C=C\C/C=C\C/C=C\CCCC(=O)OC(COCCCCCCCCCCC/C=C\C/C=C\C/C=C\C/C=C\CC)COC1OC(CO)C(O)C(OS(=O)(=O)O)C1O. The highest BCUT2D eigenvalue weighted by Crippen LogP contribution is 2.26. The monoisotopic (exact) mass is 947 g/mol. The van der Waals surface area contributed by atoms with E-state index in [1.165, 1.54) is 38.5 Å². The van der Waals surface area contributed by atoms with E-state index in [-0.39, 0.29) is 19.6 Å². The van der Waals surface area contributed by atoms with Gasteiger partial charge in [0.25, 0.3) is 0 Å². The molecule has 0 aromatic rings. The lowest BCUT2D eigenvalue weighted by Crippen LogP contribution is -2.60. The summed E-state index contributed by atoms with van der Waals surface area (Å²) in [6.07, 6.45) is 51.3. The fraction of sp³-hybridized carbons (Fsp3) is 0.642. The van der Waals surface area contributed by atoms with Crippen molar-refractivity contribution in [2.24, 2.45) is 0 Å². The lowest BCUT2D eigenvalue weighted by atomic mass is 9.99. The second-order valence-corrected chi connectivity index (χ2v) is 17.3. The van der Waals surface area contributed by atoms with Gasteiger partial charge in [0.1, 0.15) is 30.5 Å². The first-order valence-corrected chi connectivity index (χ1v) is 26.0. The third-order valence-electron chi connectivity index (χ3n) is 10.4. The van der Waals surface area contributed by atoms with Gasteiger partial charge >= 0.3 is 16.4 Å². The second kappa shape index (κ2) is 43.1. The highest BCUT2D eigenvalue weighted by molar-refractivity contribution is 7.80. The number of ether oxygens (including phenoxy) is 4. The van der Waals surface area contributed by atoms with Gasteiger partial charge in [0.05, 0.1) is 19.8 Å². The van der Waals surface area contributed by atoms with Crippen molar-refractivity contribution in [3.05, 3.63) is 109 Å². The molecule has 66 heavy (non-hydrogen) atoms. The molecule has 6 atom stereocenters. The van der Waals surface area contributed by atoms with Gasteiger partial charge in [-0.2, -0.15) is 8.42 Å². The van der Waals surface area contributed by atoms with Crippen LogP contribution in [0.5, 0.6) is 0 Å². The smallest absolute Gasteiger partial charge is 0.397 e. The molecule has 1 saturated heterocycles. The van der Waals surface area contributed by atoms with Gasteiger partial charge in [-0.25, -0.2) is 4.18 Å². The maximum Gasteiger partial charge on any atom is 0.397 e. The average molecular weight is 947 g/mol. The Hall–Kier alpha value is -3.24. The Kier molecular flexibility index (Phi) is 39.7. The third kappa shape index (κ3) is 35.9. The number of aliphatic hydroxyl groups is 3. The van der Waals surface area contributed by atoms with E-state index < -0.39 is 59.8 Å². The zero-order chi connectivity index (χ0) is 48.2. The standard InChI is InChI=1S/C53H86O12S/c1-3-5-7-9-11-13-15-17-19-21-22-23-24-25-27-29-31-33-35-37-39-41-43-61-45-47(46-62-53-51(57)52(65-66(58,59)60)50(56)48(44-54)64-53)63-49(55)42-40-38-36-34-32-30-28-26-20-18-16-14-12-10-8-6-4-2/h5-8,11-14,17-20,22-23,28,30,34,36,47-48,50-54,56-57H,3-4,9-10,15-16,21,24-27,29,31-33,35,37-46H2,1-2H3,(H,58,59,60)/b7-5-,8-6-,13-11-,14-12-,19-17-,20-18-,23-22-,30-28-,36-34-. The molecule has 12 nitrogen and oxygen atoms in total. The second-order valence-electron chi connectivity index (χ2n) is 16.3. The van der Waals surface area contributed by atoms with Crippen molar-refractivity contribution >= 4 is 16.4 Å². The van der Waals surface area contributed by atoms with Gasteiger partial charge in [-0.3, -0.25) is 9.35 Å². The van der Waals surface area contributed by atoms with Crippen molar-refractivity contribution in [1.82, 2.24) is 0 Å². The van der Waals surface area contributed by atoms with Gasteiger partial charge in [-0.05, 0) is 89.9 Å². The number of allylic oxidation sites excluding steroid dienone is 18. The Morgan fingerprint density at radius 2 is 1.00 bits per heavy atom. The van der Waals surface area contributed by atoms with Crippen LogP contribution >= 0.6 is 0 Å². The fourth-order valence-electron chi connectivity index (χ4n) is 6.76. The summed E-state index contributed by atoms with van der Waals surface area (Å²) in [6.45, 7) is 3.66. The van der Waals surface area contributed by atoms with Crippen LogP contribution in [0.2, 0.25) is 0 Å². The Morgan fingerprint density at radius 1 is 0.576 bits per heavy atom. The largest absolute Gasteiger partial charge is 0.457 e. The highest BCUT2D eigenvalue weighted by atomic mass is 32.3. The number of carbonyl (C=O) groups excluding carboxylic acids is 1. The van der Waals surface area contributed by atoms with Gasteiger partial charge in [-0.1, -0.05) is 168 Å². The van der Waals surface area contributed by atoms with Crippen molar-refractivity contribution in [1.29, 1.82) is 0 Å². The number of hydrogen-bond acceptors (Lipinski definition) is 11. The van der Waals surface area contributed by atoms with Crippen LogP contribution in [0.15, 0.2) is 109 Å². The summed E-state index contributed by atoms with van der Waals surface area (Å²) >= 11 is 0. The number of unbranched alkanes of at least 4 members (excludes halogenated alkanes) is 10. The van der Waals surface area contributed by atoms with E-state index in [4.69, 9.17) is 18.9 Å². The quantitative estimate of drug-likeness (QED) is 0.0198. The van der Waals surface area contributed by atoms with Crippen molar-refractivity contribution < 1.29 is 56.2 Å². The summed E-state index contributed by atoms with van der Waals surface area (Å²) in [5, 5.41) is 30.7. The Bertz CT molecular complexity index is 1560. The minimum Gasteiger partial charge on any atom is -0.457 e. The van der Waals surface area contributed by atoms with Crippen LogP contribution in [0.4, 0.5) is 0 Å². The highest BCUT2D eigenvalue weighted by Gasteiger charge is 2.48. The molecule has 0 saturated carbocycles. The van der Waals surface area contributed by atoms with Crippen LogP contribution in [-0.4, -0.2) is 97.5 Å². The molecule has 0 aliphatic carbocycles. The number of carbonyl (C=O) groups is 1. The first-order chi connectivity index (χ1) is 32.1. The van der Waals surface area contributed by atoms with Gasteiger partial charge < -0.3 is 34.3 Å². The predicted octanol–water partition coefficient (Wildman–Crippen LogP) is 11.2. The molecule has 0 bridgehead atoms. The molecule has 1 fully saturated rings. The van der Waals surface area contributed by atoms with Crippen LogP contribution < -0.4 is 0 Å². The van der Waals surface area contributed by atoms with Gasteiger partial charge in [-0.15, -0.1) is 0 Å². The third-order valence-corrected chi connectivity index (χ3v) is 10.9. The minimum atomic E-state index is -5.08. The van der Waals surface area contributed by atoms with Crippen LogP contribution in [0, 0.1) is 0 Å². The normalized spacial score (nSPS) is 20.5. The molecule has 1 aliphatic heterocycles. The summed E-state index contributed by atoms with van der Waals surface area (Å²) in [7, 11) is -5.08. The molecule has 4 N–H and O–H groups in total. The van der Waals surface area contributed by atoms with E-state index in [0.29, 0.717) is 19.4 Å². The molecule has 0 aromatic carbocycles. The van der Waals surface area contributed by atoms with Crippen molar-refractivity contribution in [2.75, 3.05) is 26.4 Å². The number of hydrogen-bond donors (Lipinski definition) is 4. The lowest BCUT2D eigenvalue weighted by molar-refractivity contribution is -0.301. The number of esters is 1. The van der Waals surface area contributed by atoms with Gasteiger partial charge in [0.15, 0.2) is 6.29 Å². The fourth-order valence-corrected chi connectivity index (χ4v) is 7.27. The Labute approximate surface area is 398 Å². The Balaban J connectivity index is 2.42. The number of aliphatic hydroxyl groups excluding tert-OH is 3. The van der Waals surface area contributed by atoms with Crippen LogP contribution in [0.1, 0.15) is 155 Å². The Morgan fingerprint density at radius 3 is 1.45 bits per heavy atom. The number of rotatable bonds is 41. The van der Waals surface area contributed by atoms with Crippen LogP contribution in [-0.2, 0) is 38.3 Å². The van der Waals surface area contributed by atoms with E-state index in [2.05, 4.69) is 121 Å². The molecule has 1 aliphatic rings. The summed E-state index contributed by atoms with van der Waals surface area (Å²) in [6, 6.07) is 0. The molecule has 376 valence electrons. The molecule has 0 amide bonds. The summed E-state index contributed by atoms with van der Waals surface area (Å²) in [5.41, 5.74) is 0. The topological polar surface area (TPSA) is 178 Å². The minimum absolute atomic E-state index is 0.00123. The first-order valence-electron chi connectivity index (χ1n) is 24.6.